The van der Waals surface area contributed by atoms with Crippen LogP contribution in [0.4, 0.5) is 17.1 Å². The Labute approximate surface area is 207 Å². The highest BCUT2D eigenvalue weighted by Crippen LogP contribution is 2.41. The molecule has 2 heterocycles. The molecule has 0 aliphatic carbocycles. The van der Waals surface area contributed by atoms with E-state index in [0.29, 0.717) is 75.4 Å². The molecule has 0 spiro atoms. The molecule has 0 atom stereocenters. The second kappa shape index (κ2) is 10.2. The first-order valence-electron chi connectivity index (χ1n) is 10.6. The monoisotopic (exact) mass is 496 g/mol. The van der Waals surface area contributed by atoms with Crippen molar-refractivity contribution in [3.63, 3.8) is 0 Å². The summed E-state index contributed by atoms with van der Waals surface area (Å²) in [5.74, 6) is 1.02. The third-order valence-corrected chi connectivity index (χ3v) is 6.40. The van der Waals surface area contributed by atoms with Crippen molar-refractivity contribution in [2.45, 2.75) is 18.9 Å². The second-order valence-electron chi connectivity index (χ2n) is 7.75. The third kappa shape index (κ3) is 4.89. The molecule has 174 valence electrons. The van der Waals surface area contributed by atoms with Gasteiger partial charge in [0.05, 0.1) is 34.9 Å². The quantitative estimate of drug-likeness (QED) is 0.315. The number of nitrogens with zero attached hydrogens (tertiary/aromatic N) is 3. The van der Waals surface area contributed by atoms with Crippen molar-refractivity contribution in [3.8, 4) is 11.5 Å². The Hall–Kier alpha value is -3.47. The van der Waals surface area contributed by atoms with Crippen molar-refractivity contribution >= 4 is 57.1 Å². The number of anilines is 2. The van der Waals surface area contributed by atoms with Gasteiger partial charge in [0.1, 0.15) is 6.10 Å². The van der Waals surface area contributed by atoms with Crippen LogP contribution in [0.1, 0.15) is 12.8 Å². The fraction of sp³-hybridized carbons (Fsp3) is 0.240. The molecule has 1 aliphatic heterocycles. The van der Waals surface area contributed by atoms with Gasteiger partial charge in [-0.1, -0.05) is 29.8 Å². The minimum absolute atomic E-state index is 0.0718. The first-order chi connectivity index (χ1) is 16.4. The Morgan fingerprint density at radius 2 is 2.00 bits per heavy atom. The summed E-state index contributed by atoms with van der Waals surface area (Å²) >= 11 is 12.2. The number of likely N-dealkylation sites (tertiary alicyclic amines) is 1. The van der Waals surface area contributed by atoms with Gasteiger partial charge in [0.2, 0.25) is 11.6 Å². The molecule has 0 bridgehead atoms. The molecule has 3 aromatic rings. The van der Waals surface area contributed by atoms with Gasteiger partial charge < -0.3 is 19.7 Å². The molecule has 0 saturated carbocycles. The number of piperidine rings is 1. The lowest BCUT2D eigenvalue weighted by Crippen LogP contribution is -2.41. The summed E-state index contributed by atoms with van der Waals surface area (Å²) in [6.07, 6.45) is 4.15. The molecule has 1 fully saturated rings. The number of methoxy groups -OCH3 is 1. The average molecular weight is 497 g/mol. The number of hydrogen-bond acceptors (Lipinski definition) is 5. The summed E-state index contributed by atoms with van der Waals surface area (Å²) < 4.78 is 11.9. The van der Waals surface area contributed by atoms with Crippen LogP contribution in [0.3, 0.4) is 0 Å². The molecule has 1 aliphatic rings. The first kappa shape index (κ1) is 23.7. The molecule has 7 nitrogen and oxygen atoms in total. The molecule has 1 saturated heterocycles. The van der Waals surface area contributed by atoms with Crippen molar-refractivity contribution in [2.75, 3.05) is 25.5 Å². The van der Waals surface area contributed by atoms with Gasteiger partial charge >= 0.3 is 0 Å². The van der Waals surface area contributed by atoms with Gasteiger partial charge in [-0.15, -0.1) is 0 Å². The molecule has 9 heteroatoms. The minimum Gasteiger partial charge on any atom is -0.493 e. The number of nitrogens with one attached hydrogen (secondary N) is 1. The highest BCUT2D eigenvalue weighted by atomic mass is 35.5. The Morgan fingerprint density at radius 1 is 1.24 bits per heavy atom. The number of fused-ring (bicyclic) bond motifs is 1. The van der Waals surface area contributed by atoms with Crippen LogP contribution < -0.4 is 14.8 Å². The van der Waals surface area contributed by atoms with E-state index in [1.807, 2.05) is 6.07 Å². The fourth-order valence-corrected chi connectivity index (χ4v) is 4.18. The molecule has 0 unspecified atom stereocenters. The Kier molecular flexibility index (Phi) is 7.11. The zero-order valence-corrected chi connectivity index (χ0v) is 20.0. The number of carbonyl (C=O) groups is 1. The topological polar surface area (TPSA) is 68.0 Å². The predicted molar refractivity (Wildman–Crippen MR) is 135 cm³/mol. The molecule has 2 aromatic carbocycles. The van der Waals surface area contributed by atoms with Crippen molar-refractivity contribution in [3.05, 3.63) is 70.6 Å². The number of pyridine rings is 1. The van der Waals surface area contributed by atoms with Gasteiger partial charge in [-0.3, -0.25) is 9.78 Å². The van der Waals surface area contributed by atoms with Crippen molar-refractivity contribution < 1.29 is 14.3 Å². The number of hydrogen-bond donors (Lipinski definition) is 1. The number of benzene rings is 2. The van der Waals surface area contributed by atoms with E-state index in [1.165, 1.54) is 12.3 Å². The maximum Gasteiger partial charge on any atom is 0.245 e. The highest BCUT2D eigenvalue weighted by molar-refractivity contribution is 6.42. The standard InChI is InChI=1S/C25H22Cl2N4O3/c1-4-24(32)31-9-7-16(8-10-31)34-23-12-17-20(13-22(23)33-3)29-14-21(28-2)25(17)30-15-5-6-18(26)19(27)11-15/h4-6,11-14,16H,1,7-10H2,3H3,(H,29,30). The van der Waals surface area contributed by atoms with E-state index in [-0.39, 0.29) is 12.0 Å². The summed E-state index contributed by atoms with van der Waals surface area (Å²) in [4.78, 5) is 21.7. The zero-order chi connectivity index (χ0) is 24.2. The summed E-state index contributed by atoms with van der Waals surface area (Å²) in [7, 11) is 1.57. The fourth-order valence-electron chi connectivity index (χ4n) is 3.88. The van der Waals surface area contributed by atoms with E-state index >= 15 is 0 Å². The lowest BCUT2D eigenvalue weighted by atomic mass is 10.1. The van der Waals surface area contributed by atoms with E-state index in [2.05, 4.69) is 21.7 Å². The van der Waals surface area contributed by atoms with Crippen LogP contribution in [0.5, 0.6) is 11.5 Å². The number of halogens is 2. The number of aromatic nitrogens is 1. The highest BCUT2D eigenvalue weighted by Gasteiger charge is 2.24. The molecule has 34 heavy (non-hydrogen) atoms. The SMILES string of the molecule is [C-]#[N+]c1cnc2cc(OC)c(OC3CCN(C(=O)C=C)CC3)cc2c1Nc1ccc(Cl)c(Cl)c1. The number of amides is 1. The van der Waals surface area contributed by atoms with Gasteiger partial charge in [0.15, 0.2) is 11.5 Å². The van der Waals surface area contributed by atoms with Crippen molar-refractivity contribution in [2.24, 2.45) is 0 Å². The van der Waals surface area contributed by atoms with Crippen LogP contribution in [0, 0.1) is 6.57 Å². The zero-order valence-electron chi connectivity index (χ0n) is 18.5. The summed E-state index contributed by atoms with van der Waals surface area (Å²) in [5.41, 5.74) is 2.26. The summed E-state index contributed by atoms with van der Waals surface area (Å²) in [6.45, 7) is 12.4. The van der Waals surface area contributed by atoms with E-state index in [9.17, 15) is 4.79 Å². The van der Waals surface area contributed by atoms with Crippen LogP contribution in [0.25, 0.3) is 15.7 Å². The largest absolute Gasteiger partial charge is 0.493 e. The molecular weight excluding hydrogens is 475 g/mol. The van der Waals surface area contributed by atoms with Crippen LogP contribution in [-0.2, 0) is 4.79 Å². The third-order valence-electron chi connectivity index (χ3n) is 5.66. The second-order valence-corrected chi connectivity index (χ2v) is 8.57. The lowest BCUT2D eigenvalue weighted by Gasteiger charge is -2.31. The van der Waals surface area contributed by atoms with Gasteiger partial charge in [-0.2, -0.15) is 0 Å². The Morgan fingerprint density at radius 3 is 2.65 bits per heavy atom. The van der Waals surface area contributed by atoms with Crippen LogP contribution in [0.2, 0.25) is 10.0 Å². The molecule has 1 amide bonds. The predicted octanol–water partition coefficient (Wildman–Crippen LogP) is 6.40. The molecule has 4 rings (SSSR count). The number of rotatable bonds is 6. The molecular formula is C25H22Cl2N4O3. The van der Waals surface area contributed by atoms with E-state index in [4.69, 9.17) is 39.2 Å². The van der Waals surface area contributed by atoms with E-state index in [1.54, 1.807) is 36.3 Å². The van der Waals surface area contributed by atoms with Gasteiger partial charge in [0.25, 0.3) is 0 Å². The maximum atomic E-state index is 11.9. The normalized spacial score (nSPS) is 13.9. The average Bonchev–Trinajstić information content (AvgIpc) is 2.86. The van der Waals surface area contributed by atoms with Crippen molar-refractivity contribution in [1.29, 1.82) is 0 Å². The Balaban J connectivity index is 1.68. The van der Waals surface area contributed by atoms with Gasteiger partial charge in [0, 0.05) is 49.3 Å². The summed E-state index contributed by atoms with van der Waals surface area (Å²) in [6, 6.07) is 8.79. The maximum absolute atomic E-state index is 11.9. The first-order valence-corrected chi connectivity index (χ1v) is 11.4. The van der Waals surface area contributed by atoms with Crippen molar-refractivity contribution in [1.82, 2.24) is 9.88 Å². The number of carbonyl (C=O) groups excluding carboxylic acids is 1. The van der Waals surface area contributed by atoms with Crippen LogP contribution in [0.15, 0.2) is 49.2 Å². The minimum atomic E-state index is -0.0799. The van der Waals surface area contributed by atoms with E-state index < -0.39 is 0 Å². The molecule has 0 radical (unpaired) electrons. The Bertz CT molecular complexity index is 1300. The van der Waals surface area contributed by atoms with Crippen LogP contribution >= 0.6 is 23.2 Å². The smallest absolute Gasteiger partial charge is 0.245 e. The van der Waals surface area contributed by atoms with E-state index in [0.717, 1.165) is 0 Å². The molecule has 1 aromatic heterocycles. The summed E-state index contributed by atoms with van der Waals surface area (Å²) in [5, 5.41) is 4.83. The van der Waals surface area contributed by atoms with Crippen LogP contribution in [-0.4, -0.2) is 42.1 Å². The lowest BCUT2D eigenvalue weighted by molar-refractivity contribution is -0.127. The number of ether oxygens (including phenoxy) is 2. The van der Waals surface area contributed by atoms with Gasteiger partial charge in [-0.25, -0.2) is 4.85 Å². The van der Waals surface area contributed by atoms with Gasteiger partial charge in [-0.05, 0) is 30.3 Å². The molecule has 1 N–H and O–H groups in total.